The van der Waals surface area contributed by atoms with Gasteiger partial charge in [0.2, 0.25) is 0 Å². The Kier molecular flexibility index (Phi) is 12.9. The van der Waals surface area contributed by atoms with E-state index in [1.165, 1.54) is 42.7 Å². The van der Waals surface area contributed by atoms with Crippen LogP contribution in [0, 0.1) is 6.92 Å². The van der Waals surface area contributed by atoms with E-state index in [0.29, 0.717) is 58.1 Å². The van der Waals surface area contributed by atoms with Crippen LogP contribution < -0.4 is 26.2 Å². The third-order valence-electron chi connectivity index (χ3n) is 6.69. The Bertz CT molecular complexity index is 1680. The first kappa shape index (κ1) is 35.8. The minimum Gasteiger partial charge on any atom is -0.423 e. The van der Waals surface area contributed by atoms with Crippen LogP contribution in [0.15, 0.2) is 79.1 Å². The van der Waals surface area contributed by atoms with E-state index in [1.807, 2.05) is 0 Å². The summed E-state index contributed by atoms with van der Waals surface area (Å²) in [6.45, 7) is 3.34. The van der Waals surface area contributed by atoms with Gasteiger partial charge in [0, 0.05) is 41.5 Å². The van der Waals surface area contributed by atoms with Crippen molar-refractivity contribution in [1.82, 2.24) is 20.6 Å². The van der Waals surface area contributed by atoms with Crippen molar-refractivity contribution in [3.05, 3.63) is 95.8 Å². The topological polar surface area (TPSA) is 164 Å². The molecule has 3 aromatic carbocycles. The molecule has 48 heavy (non-hydrogen) atoms. The molecule has 4 rings (SSSR count). The normalized spacial score (nSPS) is 11.1. The average molecular weight is 667 g/mol. The maximum atomic E-state index is 12.7. The average Bonchev–Trinajstić information content (AvgIpc) is 3.05. The highest BCUT2D eigenvalue weighted by Gasteiger charge is 2.31. The fraction of sp³-hybridized carbons (Fsp3) is 0.250. The van der Waals surface area contributed by atoms with Crippen molar-refractivity contribution in [2.45, 2.75) is 13.3 Å². The van der Waals surface area contributed by atoms with Crippen LogP contribution in [0.25, 0.3) is 11.3 Å². The molecule has 0 atom stereocenters. The van der Waals surface area contributed by atoms with Gasteiger partial charge < -0.3 is 40.2 Å². The summed E-state index contributed by atoms with van der Waals surface area (Å²) < 4.78 is 52.0. The second-order valence-corrected chi connectivity index (χ2v) is 10.2. The molecule has 2 amide bonds. The molecule has 0 unspecified atom stereocenters. The SMILES string of the molecule is Cc1cc(C(=O)NCCOCCOCCNC(=O)c2cccc(-c3cc(Nc4ccc(OC(F)(F)F)cc4)ncn3)c2)ccc1B(O)O. The van der Waals surface area contributed by atoms with Gasteiger partial charge in [-0.2, -0.15) is 0 Å². The van der Waals surface area contributed by atoms with Crippen molar-refractivity contribution >= 4 is 35.9 Å². The van der Waals surface area contributed by atoms with Gasteiger partial charge in [-0.3, -0.25) is 9.59 Å². The number of benzene rings is 3. The van der Waals surface area contributed by atoms with Gasteiger partial charge in [-0.05, 0) is 60.9 Å². The summed E-state index contributed by atoms with van der Waals surface area (Å²) >= 11 is 0. The number of amides is 2. The second kappa shape index (κ2) is 17.2. The maximum Gasteiger partial charge on any atom is 0.573 e. The molecule has 0 spiro atoms. The quantitative estimate of drug-likeness (QED) is 0.0887. The summed E-state index contributed by atoms with van der Waals surface area (Å²) in [6.07, 6.45) is -3.45. The van der Waals surface area contributed by atoms with E-state index in [2.05, 4.69) is 30.7 Å². The molecule has 0 bridgehead atoms. The summed E-state index contributed by atoms with van der Waals surface area (Å²) in [5, 5.41) is 27.1. The lowest BCUT2D eigenvalue weighted by Crippen LogP contribution is -2.33. The predicted molar refractivity (Wildman–Crippen MR) is 171 cm³/mol. The van der Waals surface area contributed by atoms with E-state index >= 15 is 0 Å². The van der Waals surface area contributed by atoms with Gasteiger partial charge >= 0.3 is 13.5 Å². The number of halogens is 3. The fourth-order valence-electron chi connectivity index (χ4n) is 4.40. The first-order valence-electron chi connectivity index (χ1n) is 14.7. The fourth-order valence-corrected chi connectivity index (χ4v) is 4.40. The molecule has 0 radical (unpaired) electrons. The molecule has 4 aromatic rings. The molecular weight excluding hydrogens is 634 g/mol. The number of carbonyl (C=O) groups excluding carboxylic acids is 2. The Balaban J connectivity index is 1.13. The first-order valence-corrected chi connectivity index (χ1v) is 14.7. The first-order chi connectivity index (χ1) is 23.0. The number of anilines is 2. The van der Waals surface area contributed by atoms with Crippen molar-refractivity contribution in [3.8, 4) is 17.0 Å². The Hall–Kier alpha value is -5.03. The number of hydrogen-bond acceptors (Lipinski definition) is 10. The van der Waals surface area contributed by atoms with Crippen molar-refractivity contribution < 1.29 is 47.0 Å². The Morgan fingerprint density at radius 1 is 0.812 bits per heavy atom. The van der Waals surface area contributed by atoms with Gasteiger partial charge in [-0.1, -0.05) is 23.8 Å². The standard InChI is InChI=1S/C32H33BF3N5O7/c1-21-17-24(5-10-27(21)33(44)45)31(43)38-12-14-47-16-15-46-13-11-37-30(42)23-4-2-3-22(18-23)28-19-29(40-20-39-28)41-25-6-8-26(9-7-25)48-32(34,35)36/h2-10,17-20,44-45H,11-16H2,1H3,(H,37,42)(H,38,43)(H,39,40,41). The molecule has 5 N–H and O–H groups in total. The lowest BCUT2D eigenvalue weighted by molar-refractivity contribution is -0.274. The molecule has 0 fully saturated rings. The number of nitrogens with zero attached hydrogens (tertiary/aromatic N) is 2. The number of aromatic nitrogens is 2. The number of alkyl halides is 3. The lowest BCUT2D eigenvalue weighted by atomic mass is 9.77. The summed E-state index contributed by atoms with van der Waals surface area (Å²) in [6, 6.07) is 18.3. The van der Waals surface area contributed by atoms with Crippen molar-refractivity contribution in [1.29, 1.82) is 0 Å². The second-order valence-electron chi connectivity index (χ2n) is 10.2. The molecule has 12 nitrogen and oxygen atoms in total. The van der Waals surface area contributed by atoms with E-state index in [0.717, 1.165) is 0 Å². The molecule has 1 aromatic heterocycles. The molecule has 252 valence electrons. The Morgan fingerprint density at radius 3 is 2.06 bits per heavy atom. The number of ether oxygens (including phenoxy) is 3. The number of hydrogen-bond donors (Lipinski definition) is 5. The predicted octanol–water partition coefficient (Wildman–Crippen LogP) is 2.97. The van der Waals surface area contributed by atoms with Crippen LogP contribution in [-0.2, 0) is 9.47 Å². The minimum absolute atomic E-state index is 0.258. The van der Waals surface area contributed by atoms with Gasteiger partial charge in [0.25, 0.3) is 11.8 Å². The van der Waals surface area contributed by atoms with E-state index in [4.69, 9.17) is 9.47 Å². The highest BCUT2D eigenvalue weighted by Crippen LogP contribution is 2.26. The monoisotopic (exact) mass is 667 g/mol. The highest BCUT2D eigenvalue weighted by atomic mass is 19.4. The third kappa shape index (κ3) is 11.3. The van der Waals surface area contributed by atoms with E-state index in [1.54, 1.807) is 43.3 Å². The van der Waals surface area contributed by atoms with Crippen LogP contribution in [0.5, 0.6) is 5.75 Å². The third-order valence-corrected chi connectivity index (χ3v) is 6.69. The van der Waals surface area contributed by atoms with Crippen molar-refractivity contribution in [2.24, 2.45) is 0 Å². The van der Waals surface area contributed by atoms with Crippen LogP contribution in [0.2, 0.25) is 0 Å². The molecule has 0 aliphatic carbocycles. The molecule has 0 saturated heterocycles. The summed E-state index contributed by atoms with van der Waals surface area (Å²) in [7, 11) is -1.60. The van der Waals surface area contributed by atoms with Crippen LogP contribution >= 0.6 is 0 Å². The van der Waals surface area contributed by atoms with Gasteiger partial charge in [0.15, 0.2) is 0 Å². The van der Waals surface area contributed by atoms with E-state index in [-0.39, 0.29) is 43.9 Å². The van der Waals surface area contributed by atoms with Gasteiger partial charge in [0.1, 0.15) is 17.9 Å². The molecule has 0 saturated carbocycles. The lowest BCUT2D eigenvalue weighted by Gasteiger charge is -2.11. The molecule has 0 aliphatic heterocycles. The maximum absolute atomic E-state index is 12.7. The molecule has 1 heterocycles. The zero-order valence-electron chi connectivity index (χ0n) is 25.8. The Labute approximate surface area is 274 Å². The number of carbonyl (C=O) groups is 2. The smallest absolute Gasteiger partial charge is 0.423 e. The van der Waals surface area contributed by atoms with Crippen LogP contribution in [0.4, 0.5) is 24.7 Å². The zero-order chi connectivity index (χ0) is 34.5. The van der Waals surface area contributed by atoms with Gasteiger partial charge in [-0.25, -0.2) is 9.97 Å². The summed E-state index contributed by atoms with van der Waals surface area (Å²) in [5.74, 6) is -0.557. The van der Waals surface area contributed by atoms with Crippen molar-refractivity contribution in [2.75, 3.05) is 44.8 Å². The number of rotatable bonds is 16. The van der Waals surface area contributed by atoms with E-state index in [9.17, 15) is 32.8 Å². The minimum atomic E-state index is -4.78. The van der Waals surface area contributed by atoms with Crippen molar-refractivity contribution in [3.63, 3.8) is 0 Å². The molecular formula is C32H33BF3N5O7. The highest BCUT2D eigenvalue weighted by molar-refractivity contribution is 6.59. The molecule has 0 aliphatic rings. The zero-order valence-corrected chi connectivity index (χ0v) is 25.8. The Morgan fingerprint density at radius 2 is 1.46 bits per heavy atom. The van der Waals surface area contributed by atoms with Crippen LogP contribution in [0.1, 0.15) is 26.3 Å². The summed E-state index contributed by atoms with van der Waals surface area (Å²) in [5.41, 5.74) is 3.40. The van der Waals surface area contributed by atoms with Crippen LogP contribution in [-0.4, -0.2) is 84.8 Å². The largest absolute Gasteiger partial charge is 0.573 e. The van der Waals surface area contributed by atoms with Gasteiger partial charge in [-0.15, -0.1) is 13.2 Å². The molecule has 16 heteroatoms. The van der Waals surface area contributed by atoms with Gasteiger partial charge in [0.05, 0.1) is 32.1 Å². The summed E-state index contributed by atoms with van der Waals surface area (Å²) in [4.78, 5) is 33.4. The number of nitrogens with one attached hydrogen (secondary N) is 3. The van der Waals surface area contributed by atoms with Crippen LogP contribution in [0.3, 0.4) is 0 Å². The number of aryl methyl sites for hydroxylation is 1. The van der Waals surface area contributed by atoms with E-state index < -0.39 is 13.5 Å².